The van der Waals surface area contributed by atoms with Crippen molar-refractivity contribution in [3.05, 3.63) is 64.9 Å². The third-order valence-corrected chi connectivity index (χ3v) is 5.94. The molecule has 0 aromatic heterocycles. The maximum Gasteiger partial charge on any atom is 0.264 e. The van der Waals surface area contributed by atoms with Crippen LogP contribution in [0, 0.1) is 5.82 Å². The highest BCUT2D eigenvalue weighted by molar-refractivity contribution is 7.90. The second-order valence-electron chi connectivity index (χ2n) is 5.83. The lowest BCUT2D eigenvalue weighted by molar-refractivity contribution is -0.128. The molecule has 3 rings (SSSR count). The molecule has 0 saturated heterocycles. The summed E-state index contributed by atoms with van der Waals surface area (Å²) in [5, 5.41) is 0.266. The smallest absolute Gasteiger partial charge is 0.264 e. The van der Waals surface area contributed by atoms with E-state index in [1.54, 1.807) is 6.07 Å². The van der Waals surface area contributed by atoms with Crippen LogP contribution in [0.1, 0.15) is 24.8 Å². The van der Waals surface area contributed by atoms with E-state index in [-0.39, 0.29) is 9.92 Å². The molecule has 7 heteroatoms. The number of halogens is 2. The molecular formula is C17H15ClFNO3S. The Balaban J connectivity index is 1.89. The molecule has 1 fully saturated rings. The number of carbonyl (C=O) groups excluding carboxylic acids is 1. The number of hydrogen-bond donors (Lipinski definition) is 1. The van der Waals surface area contributed by atoms with Gasteiger partial charge in [-0.25, -0.2) is 17.5 Å². The van der Waals surface area contributed by atoms with Gasteiger partial charge < -0.3 is 0 Å². The summed E-state index contributed by atoms with van der Waals surface area (Å²) >= 11 is 5.81. The summed E-state index contributed by atoms with van der Waals surface area (Å²) in [5.41, 5.74) is -0.312. The standard InChI is InChI=1S/C17H15ClFNO3S/c18-13-3-1-4-15(11-13)24(22,23)20-16(21)17(9-2-10-17)12-5-7-14(19)8-6-12/h1,3-8,11H,2,9-10H2,(H,20,21). The number of amides is 1. The van der Waals surface area contributed by atoms with Crippen molar-refractivity contribution in [3.8, 4) is 0 Å². The maximum atomic E-state index is 13.1. The van der Waals surface area contributed by atoms with Gasteiger partial charge in [-0.1, -0.05) is 36.2 Å². The second-order valence-corrected chi connectivity index (χ2v) is 7.95. The van der Waals surface area contributed by atoms with Crippen molar-refractivity contribution in [3.63, 3.8) is 0 Å². The fourth-order valence-corrected chi connectivity index (χ4v) is 4.21. The van der Waals surface area contributed by atoms with Crippen LogP contribution in [0.2, 0.25) is 5.02 Å². The fourth-order valence-electron chi connectivity index (χ4n) is 2.86. The van der Waals surface area contributed by atoms with Crippen LogP contribution in [0.5, 0.6) is 0 Å². The van der Waals surface area contributed by atoms with Crippen LogP contribution in [0.15, 0.2) is 53.4 Å². The predicted octanol–water partition coefficient (Wildman–Crippen LogP) is 3.41. The molecule has 2 aromatic rings. The zero-order valence-electron chi connectivity index (χ0n) is 12.6. The highest BCUT2D eigenvalue weighted by atomic mass is 35.5. The first-order valence-corrected chi connectivity index (χ1v) is 9.28. The van der Waals surface area contributed by atoms with Gasteiger partial charge in [0.25, 0.3) is 10.0 Å². The molecule has 126 valence electrons. The van der Waals surface area contributed by atoms with Crippen LogP contribution in [0.25, 0.3) is 0 Å². The molecule has 0 radical (unpaired) electrons. The molecule has 1 amide bonds. The fraction of sp³-hybridized carbons (Fsp3) is 0.235. The minimum Gasteiger partial charge on any atom is -0.273 e. The summed E-state index contributed by atoms with van der Waals surface area (Å²) in [6, 6.07) is 11.3. The van der Waals surface area contributed by atoms with E-state index in [4.69, 9.17) is 11.6 Å². The van der Waals surface area contributed by atoms with Crippen LogP contribution in [-0.4, -0.2) is 14.3 Å². The Hall–Kier alpha value is -1.92. The van der Waals surface area contributed by atoms with Crippen LogP contribution in [0.4, 0.5) is 4.39 Å². The summed E-state index contributed by atoms with van der Waals surface area (Å²) in [5.74, 6) is -1.000. The Morgan fingerprint density at radius 1 is 1.12 bits per heavy atom. The first-order valence-electron chi connectivity index (χ1n) is 7.42. The second kappa shape index (κ2) is 6.18. The van der Waals surface area contributed by atoms with Gasteiger partial charge in [-0.3, -0.25) is 4.79 Å². The molecule has 0 unspecified atom stereocenters. The highest BCUT2D eigenvalue weighted by Crippen LogP contribution is 2.44. The summed E-state index contributed by atoms with van der Waals surface area (Å²) in [6.45, 7) is 0. The average Bonchev–Trinajstić information content (AvgIpc) is 2.47. The minimum atomic E-state index is -4.02. The predicted molar refractivity (Wildman–Crippen MR) is 88.7 cm³/mol. The summed E-state index contributed by atoms with van der Waals surface area (Å²) in [6.07, 6.45) is 1.85. The third-order valence-electron chi connectivity index (χ3n) is 4.37. The van der Waals surface area contributed by atoms with Crippen molar-refractivity contribution in [1.29, 1.82) is 0 Å². The summed E-state index contributed by atoms with van der Waals surface area (Å²) < 4.78 is 40.1. The molecule has 0 aliphatic heterocycles. The minimum absolute atomic E-state index is 0.0723. The van der Waals surface area contributed by atoms with E-state index in [0.29, 0.717) is 18.4 Å². The Morgan fingerprint density at radius 3 is 2.33 bits per heavy atom. The Labute approximate surface area is 144 Å². The zero-order chi connectivity index (χ0) is 17.4. The van der Waals surface area contributed by atoms with Gasteiger partial charge in [0.1, 0.15) is 5.82 Å². The Morgan fingerprint density at radius 2 is 1.79 bits per heavy atom. The van der Waals surface area contributed by atoms with Gasteiger partial charge in [0.15, 0.2) is 0 Å². The molecule has 0 bridgehead atoms. The SMILES string of the molecule is O=C(NS(=O)(=O)c1cccc(Cl)c1)C1(c2ccc(F)cc2)CCC1. The Bertz CT molecular complexity index is 877. The van der Waals surface area contributed by atoms with E-state index in [1.807, 2.05) is 0 Å². The van der Waals surface area contributed by atoms with Crippen molar-refractivity contribution in [1.82, 2.24) is 4.72 Å². The molecule has 2 aromatic carbocycles. The number of benzene rings is 2. The lowest BCUT2D eigenvalue weighted by atomic mass is 9.64. The molecule has 1 N–H and O–H groups in total. The van der Waals surface area contributed by atoms with E-state index in [1.165, 1.54) is 42.5 Å². The van der Waals surface area contributed by atoms with E-state index in [2.05, 4.69) is 4.72 Å². The first kappa shape index (κ1) is 16.9. The van der Waals surface area contributed by atoms with Gasteiger partial charge >= 0.3 is 0 Å². The lowest BCUT2D eigenvalue weighted by Crippen LogP contribution is -2.50. The van der Waals surface area contributed by atoms with Crippen molar-refractivity contribution in [2.24, 2.45) is 0 Å². The highest BCUT2D eigenvalue weighted by Gasteiger charge is 2.47. The van der Waals surface area contributed by atoms with Gasteiger partial charge in [0, 0.05) is 5.02 Å². The van der Waals surface area contributed by atoms with Crippen LogP contribution < -0.4 is 4.72 Å². The maximum absolute atomic E-state index is 13.1. The molecule has 4 nitrogen and oxygen atoms in total. The van der Waals surface area contributed by atoms with Gasteiger partial charge in [-0.15, -0.1) is 0 Å². The average molecular weight is 368 g/mol. The van der Waals surface area contributed by atoms with Crippen LogP contribution in [-0.2, 0) is 20.2 Å². The number of sulfonamides is 1. The third kappa shape index (κ3) is 3.03. The van der Waals surface area contributed by atoms with E-state index in [9.17, 15) is 17.6 Å². The number of carbonyl (C=O) groups is 1. The number of rotatable bonds is 4. The van der Waals surface area contributed by atoms with Crippen LogP contribution >= 0.6 is 11.6 Å². The van der Waals surface area contributed by atoms with Crippen molar-refractivity contribution < 1.29 is 17.6 Å². The van der Waals surface area contributed by atoms with Gasteiger partial charge in [-0.2, -0.15) is 0 Å². The molecule has 0 atom stereocenters. The van der Waals surface area contributed by atoms with E-state index < -0.39 is 27.2 Å². The normalized spacial score (nSPS) is 16.2. The van der Waals surface area contributed by atoms with E-state index in [0.717, 1.165) is 6.42 Å². The number of hydrogen-bond acceptors (Lipinski definition) is 3. The zero-order valence-corrected chi connectivity index (χ0v) is 14.2. The van der Waals surface area contributed by atoms with E-state index >= 15 is 0 Å². The molecule has 0 spiro atoms. The Kier molecular flexibility index (Phi) is 4.36. The quantitative estimate of drug-likeness (QED) is 0.900. The largest absolute Gasteiger partial charge is 0.273 e. The molecule has 1 saturated carbocycles. The molecule has 0 heterocycles. The molecular weight excluding hydrogens is 353 g/mol. The van der Waals surface area contributed by atoms with Gasteiger partial charge in [0.05, 0.1) is 10.3 Å². The van der Waals surface area contributed by atoms with Crippen molar-refractivity contribution in [2.45, 2.75) is 29.6 Å². The van der Waals surface area contributed by atoms with Gasteiger partial charge in [0.2, 0.25) is 5.91 Å². The monoisotopic (exact) mass is 367 g/mol. The summed E-state index contributed by atoms with van der Waals surface area (Å²) in [4.78, 5) is 12.6. The van der Waals surface area contributed by atoms with Crippen molar-refractivity contribution in [2.75, 3.05) is 0 Å². The van der Waals surface area contributed by atoms with Crippen molar-refractivity contribution >= 4 is 27.5 Å². The lowest BCUT2D eigenvalue weighted by Gasteiger charge is -2.40. The molecule has 24 heavy (non-hydrogen) atoms. The molecule has 1 aliphatic carbocycles. The summed E-state index contributed by atoms with van der Waals surface area (Å²) in [7, 11) is -4.02. The number of nitrogens with one attached hydrogen (secondary N) is 1. The first-order chi connectivity index (χ1) is 11.3. The topological polar surface area (TPSA) is 63.2 Å². The van der Waals surface area contributed by atoms with Crippen LogP contribution in [0.3, 0.4) is 0 Å². The molecule has 1 aliphatic rings. The van der Waals surface area contributed by atoms with Gasteiger partial charge in [-0.05, 0) is 48.7 Å².